The van der Waals surface area contributed by atoms with E-state index in [0.29, 0.717) is 42.1 Å². The maximum absolute atomic E-state index is 13.7. The molecule has 4 aromatic carbocycles. The number of carbonyl (C=O) groups is 2. The highest BCUT2D eigenvalue weighted by molar-refractivity contribution is 7.98. The first-order valence-corrected chi connectivity index (χ1v) is 15.9. The van der Waals surface area contributed by atoms with Crippen LogP contribution in [0.5, 0.6) is 0 Å². The van der Waals surface area contributed by atoms with Crippen molar-refractivity contribution in [2.45, 2.75) is 39.4 Å². The van der Waals surface area contributed by atoms with E-state index < -0.39 is 12.0 Å². The molecule has 8 nitrogen and oxygen atoms in total. The second kappa shape index (κ2) is 15.7. The molecule has 1 amide bonds. The molecule has 0 aromatic heterocycles. The van der Waals surface area contributed by atoms with Crippen molar-refractivity contribution in [2.24, 2.45) is 0 Å². The van der Waals surface area contributed by atoms with Crippen molar-refractivity contribution in [1.82, 2.24) is 5.32 Å². The van der Waals surface area contributed by atoms with Crippen molar-refractivity contribution < 1.29 is 19.2 Å². The number of hydrogen-bond acceptors (Lipinski definition) is 7. The molecule has 44 heavy (non-hydrogen) atoms. The van der Waals surface area contributed by atoms with Gasteiger partial charge in [0.05, 0.1) is 11.5 Å². The Hall–Kier alpha value is -4.63. The van der Waals surface area contributed by atoms with Crippen LogP contribution in [-0.4, -0.2) is 41.5 Å². The number of rotatable bonds is 14. The fourth-order valence-electron chi connectivity index (χ4n) is 5.09. The first-order chi connectivity index (χ1) is 21.3. The van der Waals surface area contributed by atoms with E-state index in [2.05, 4.69) is 5.32 Å². The lowest BCUT2D eigenvalue weighted by atomic mass is 9.93. The maximum Gasteiger partial charge on any atom is 0.328 e. The van der Waals surface area contributed by atoms with Crippen molar-refractivity contribution >= 4 is 35.0 Å². The number of esters is 1. The van der Waals surface area contributed by atoms with Gasteiger partial charge in [-0.25, -0.2) is 4.79 Å². The lowest BCUT2D eigenvalue weighted by molar-refractivity contribution is -0.384. The summed E-state index contributed by atoms with van der Waals surface area (Å²) in [5.41, 5.74) is 5.43. The molecular formula is C35H37N3O5S. The lowest BCUT2D eigenvalue weighted by Crippen LogP contribution is -2.42. The van der Waals surface area contributed by atoms with Crippen LogP contribution in [0, 0.1) is 17.0 Å². The first-order valence-electron chi connectivity index (χ1n) is 14.5. The molecular weight excluding hydrogens is 574 g/mol. The largest absolute Gasteiger partial charge is 0.464 e. The third-order valence-corrected chi connectivity index (χ3v) is 7.90. The van der Waals surface area contributed by atoms with Gasteiger partial charge in [0.25, 0.3) is 11.6 Å². The minimum absolute atomic E-state index is 0.0220. The van der Waals surface area contributed by atoms with Crippen LogP contribution in [0.1, 0.15) is 40.4 Å². The third-order valence-electron chi connectivity index (χ3n) is 7.26. The molecule has 0 saturated heterocycles. The van der Waals surface area contributed by atoms with Gasteiger partial charge in [-0.1, -0.05) is 72.8 Å². The van der Waals surface area contributed by atoms with Crippen LogP contribution < -0.4 is 10.2 Å². The Bertz CT molecular complexity index is 1590. The van der Waals surface area contributed by atoms with Gasteiger partial charge in [-0.05, 0) is 78.3 Å². The Labute approximate surface area is 262 Å². The fourth-order valence-corrected chi connectivity index (χ4v) is 5.56. The third kappa shape index (κ3) is 8.26. The van der Waals surface area contributed by atoms with E-state index in [1.807, 2.05) is 84.8 Å². The molecule has 0 bridgehead atoms. The lowest BCUT2D eigenvalue weighted by Gasteiger charge is -2.26. The number of nitro groups is 1. The van der Waals surface area contributed by atoms with E-state index in [1.54, 1.807) is 43.0 Å². The average Bonchev–Trinajstić information content (AvgIpc) is 3.03. The summed E-state index contributed by atoms with van der Waals surface area (Å²) >= 11 is 1.59. The van der Waals surface area contributed by atoms with Crippen LogP contribution in [0.2, 0.25) is 0 Å². The van der Waals surface area contributed by atoms with Crippen LogP contribution in [0.25, 0.3) is 11.1 Å². The molecule has 1 atom stereocenters. The minimum atomic E-state index is -0.765. The molecule has 0 radical (unpaired) electrons. The Morgan fingerprint density at radius 2 is 1.59 bits per heavy atom. The molecule has 9 heteroatoms. The van der Waals surface area contributed by atoms with Crippen molar-refractivity contribution in [1.29, 1.82) is 0 Å². The minimum Gasteiger partial charge on any atom is -0.464 e. The molecule has 0 fully saturated rings. The van der Waals surface area contributed by atoms with E-state index in [1.165, 1.54) is 6.07 Å². The topological polar surface area (TPSA) is 102 Å². The number of aryl methyl sites for hydroxylation is 1. The summed E-state index contributed by atoms with van der Waals surface area (Å²) in [4.78, 5) is 40.0. The first kappa shape index (κ1) is 32.3. The van der Waals surface area contributed by atoms with Crippen LogP contribution in [0.15, 0.2) is 97.1 Å². The number of thioether (sulfide) groups is 1. The van der Waals surface area contributed by atoms with E-state index in [0.717, 1.165) is 22.3 Å². The number of anilines is 1. The summed E-state index contributed by atoms with van der Waals surface area (Å²) < 4.78 is 5.24. The Kier molecular flexibility index (Phi) is 11.5. The number of nitrogens with one attached hydrogen (secondary N) is 1. The molecule has 0 aliphatic heterocycles. The Morgan fingerprint density at radius 1 is 0.909 bits per heavy atom. The summed E-state index contributed by atoms with van der Waals surface area (Å²) in [5, 5.41) is 14.9. The highest BCUT2D eigenvalue weighted by Gasteiger charge is 2.25. The Balaban J connectivity index is 1.75. The zero-order valence-corrected chi connectivity index (χ0v) is 26.0. The Morgan fingerprint density at radius 3 is 2.30 bits per heavy atom. The van der Waals surface area contributed by atoms with Gasteiger partial charge < -0.3 is 15.0 Å². The SMILES string of the molecule is CCOC(=O)[C@H](CCSC)NC(=O)c1ccc(CN(Cc2ccccc2)c2ccccc2[N+](=O)[O-])cc1-c1ccccc1C. The zero-order valence-electron chi connectivity index (χ0n) is 25.2. The quantitative estimate of drug-likeness (QED) is 0.0915. The number of nitro benzene ring substituents is 1. The predicted molar refractivity (Wildman–Crippen MR) is 177 cm³/mol. The van der Waals surface area contributed by atoms with Gasteiger partial charge in [0.15, 0.2) is 0 Å². The van der Waals surface area contributed by atoms with E-state index >= 15 is 0 Å². The summed E-state index contributed by atoms with van der Waals surface area (Å²) in [7, 11) is 0. The molecule has 0 spiro atoms. The van der Waals surface area contributed by atoms with Gasteiger partial charge in [-0.2, -0.15) is 11.8 Å². The second-order valence-electron chi connectivity index (χ2n) is 10.3. The number of carbonyl (C=O) groups excluding carboxylic acids is 2. The fraction of sp³-hybridized carbons (Fsp3) is 0.257. The highest BCUT2D eigenvalue weighted by Crippen LogP contribution is 2.33. The van der Waals surface area contributed by atoms with Gasteiger partial charge in [-0.15, -0.1) is 0 Å². The summed E-state index contributed by atoms with van der Waals surface area (Å²) in [6, 6.07) is 29.2. The number of para-hydroxylation sites is 2. The molecule has 1 N–H and O–H groups in total. The highest BCUT2D eigenvalue weighted by atomic mass is 32.2. The van der Waals surface area contributed by atoms with Crippen LogP contribution in [0.3, 0.4) is 0 Å². The van der Waals surface area contributed by atoms with Gasteiger partial charge in [0.2, 0.25) is 0 Å². The van der Waals surface area contributed by atoms with Gasteiger partial charge in [0, 0.05) is 24.7 Å². The van der Waals surface area contributed by atoms with E-state index in [-0.39, 0.29) is 23.1 Å². The van der Waals surface area contributed by atoms with Gasteiger partial charge >= 0.3 is 5.97 Å². The maximum atomic E-state index is 13.7. The molecule has 0 aliphatic carbocycles. The van der Waals surface area contributed by atoms with Gasteiger partial charge in [0.1, 0.15) is 11.7 Å². The van der Waals surface area contributed by atoms with E-state index in [9.17, 15) is 19.7 Å². The summed E-state index contributed by atoms with van der Waals surface area (Å²) in [5.74, 6) is -0.130. The number of benzene rings is 4. The standard InChI is InChI=1S/C35H37N3O5S/c1-4-43-35(40)31(20-21-44-3)36-34(39)29-19-18-27(22-30(29)28-15-9-8-12-25(28)2)24-37(23-26-13-6-5-7-14-26)32-16-10-11-17-33(32)38(41)42/h5-19,22,31H,4,20-21,23-24H2,1-3H3,(H,36,39)/t31-/m0/s1. The number of ether oxygens (including phenoxy) is 1. The van der Waals surface area contributed by atoms with Crippen molar-refractivity contribution in [3.05, 3.63) is 129 Å². The molecule has 4 aromatic rings. The number of amides is 1. The summed E-state index contributed by atoms with van der Waals surface area (Å²) in [6.45, 7) is 4.76. The molecule has 0 heterocycles. The van der Waals surface area contributed by atoms with Crippen LogP contribution in [-0.2, 0) is 22.6 Å². The molecule has 0 saturated carbocycles. The molecule has 228 valence electrons. The van der Waals surface area contributed by atoms with E-state index in [4.69, 9.17) is 4.74 Å². The summed E-state index contributed by atoms with van der Waals surface area (Å²) in [6.07, 6.45) is 2.40. The number of nitrogens with zero attached hydrogens (tertiary/aromatic N) is 2. The normalized spacial score (nSPS) is 11.4. The monoisotopic (exact) mass is 611 g/mol. The molecule has 4 rings (SSSR count). The smallest absolute Gasteiger partial charge is 0.328 e. The van der Waals surface area contributed by atoms with Crippen molar-refractivity contribution in [3.63, 3.8) is 0 Å². The van der Waals surface area contributed by atoms with Gasteiger partial charge in [-0.3, -0.25) is 14.9 Å². The number of hydrogen-bond donors (Lipinski definition) is 1. The average molecular weight is 612 g/mol. The molecule has 0 unspecified atom stereocenters. The van der Waals surface area contributed by atoms with Crippen molar-refractivity contribution in [3.8, 4) is 11.1 Å². The van der Waals surface area contributed by atoms with Crippen LogP contribution >= 0.6 is 11.8 Å². The zero-order chi connectivity index (χ0) is 31.5. The molecule has 0 aliphatic rings. The second-order valence-corrected chi connectivity index (χ2v) is 11.3. The van der Waals surface area contributed by atoms with Crippen molar-refractivity contribution in [2.75, 3.05) is 23.5 Å². The predicted octanol–water partition coefficient (Wildman–Crippen LogP) is 7.19. The van der Waals surface area contributed by atoms with Crippen LogP contribution in [0.4, 0.5) is 11.4 Å².